The van der Waals surface area contributed by atoms with Gasteiger partial charge in [0.15, 0.2) is 6.61 Å². The van der Waals surface area contributed by atoms with Gasteiger partial charge in [0.05, 0.1) is 0 Å². The first kappa shape index (κ1) is 18.8. The highest BCUT2D eigenvalue weighted by Crippen LogP contribution is 2.24. The standard InChI is InChI=1S/C17H26N2O2.ClH/c1-17(2,3)13-6-8-15(9-7-13)21-12-16(20)19-14-5-4-10-18-11-14;/h6-9,14,18H,4-5,10-12H2,1-3H3,(H,19,20);1H/t14-;/m0./s1. The van der Waals surface area contributed by atoms with Crippen LogP contribution in [0.5, 0.6) is 5.75 Å². The molecule has 124 valence electrons. The topological polar surface area (TPSA) is 50.4 Å². The number of hydrogen-bond donors (Lipinski definition) is 2. The molecular weight excluding hydrogens is 300 g/mol. The van der Waals surface area contributed by atoms with E-state index in [0.29, 0.717) is 0 Å². The van der Waals surface area contributed by atoms with Crippen LogP contribution >= 0.6 is 12.4 Å². The fraction of sp³-hybridized carbons (Fsp3) is 0.588. The Kier molecular flexibility index (Phi) is 7.17. The molecule has 0 aromatic heterocycles. The number of nitrogens with one attached hydrogen (secondary N) is 2. The minimum Gasteiger partial charge on any atom is -0.484 e. The van der Waals surface area contributed by atoms with Crippen molar-refractivity contribution >= 4 is 18.3 Å². The number of benzene rings is 1. The van der Waals surface area contributed by atoms with E-state index in [1.165, 1.54) is 5.56 Å². The third kappa shape index (κ3) is 5.85. The van der Waals surface area contributed by atoms with Crippen molar-refractivity contribution in [1.82, 2.24) is 10.6 Å². The smallest absolute Gasteiger partial charge is 0.258 e. The van der Waals surface area contributed by atoms with Crippen molar-refractivity contribution in [1.29, 1.82) is 0 Å². The molecule has 1 saturated heterocycles. The van der Waals surface area contributed by atoms with Gasteiger partial charge in [0.1, 0.15) is 5.75 Å². The summed E-state index contributed by atoms with van der Waals surface area (Å²) in [5, 5.41) is 6.28. The molecule has 1 heterocycles. The fourth-order valence-electron chi connectivity index (χ4n) is 2.44. The van der Waals surface area contributed by atoms with Crippen LogP contribution in [-0.4, -0.2) is 31.6 Å². The number of carbonyl (C=O) groups excluding carboxylic acids is 1. The summed E-state index contributed by atoms with van der Waals surface area (Å²) in [6.45, 7) is 8.50. The van der Waals surface area contributed by atoms with Crippen LogP contribution in [0.4, 0.5) is 0 Å². The first-order valence-corrected chi connectivity index (χ1v) is 7.68. The molecular formula is C17H27ClN2O2. The third-order valence-corrected chi connectivity index (χ3v) is 3.75. The number of rotatable bonds is 4. The van der Waals surface area contributed by atoms with Gasteiger partial charge < -0.3 is 15.4 Å². The van der Waals surface area contributed by atoms with Gasteiger partial charge in [0.25, 0.3) is 5.91 Å². The first-order valence-electron chi connectivity index (χ1n) is 7.68. The largest absolute Gasteiger partial charge is 0.484 e. The monoisotopic (exact) mass is 326 g/mol. The molecule has 1 atom stereocenters. The lowest BCUT2D eigenvalue weighted by molar-refractivity contribution is -0.123. The van der Waals surface area contributed by atoms with Crippen LogP contribution < -0.4 is 15.4 Å². The van der Waals surface area contributed by atoms with Gasteiger partial charge in [-0.2, -0.15) is 0 Å². The van der Waals surface area contributed by atoms with E-state index in [4.69, 9.17) is 4.74 Å². The summed E-state index contributed by atoms with van der Waals surface area (Å²) in [5.41, 5.74) is 1.39. The van der Waals surface area contributed by atoms with Crippen LogP contribution in [0, 0.1) is 0 Å². The van der Waals surface area contributed by atoms with E-state index >= 15 is 0 Å². The van der Waals surface area contributed by atoms with E-state index in [9.17, 15) is 4.79 Å². The molecule has 1 aliphatic heterocycles. The van der Waals surface area contributed by atoms with Gasteiger partial charge in [-0.25, -0.2) is 0 Å². The zero-order chi connectivity index (χ0) is 15.3. The summed E-state index contributed by atoms with van der Waals surface area (Å²) >= 11 is 0. The Morgan fingerprint density at radius 3 is 2.55 bits per heavy atom. The molecule has 1 aromatic carbocycles. The Balaban J connectivity index is 0.00000242. The Bertz CT molecular complexity index is 463. The lowest BCUT2D eigenvalue weighted by atomic mass is 9.87. The summed E-state index contributed by atoms with van der Waals surface area (Å²) in [6.07, 6.45) is 2.15. The van der Waals surface area contributed by atoms with Gasteiger partial charge in [-0.1, -0.05) is 32.9 Å². The quantitative estimate of drug-likeness (QED) is 0.894. The molecule has 1 amide bonds. The van der Waals surface area contributed by atoms with Crippen LogP contribution in [0.2, 0.25) is 0 Å². The van der Waals surface area contributed by atoms with Crippen molar-refractivity contribution in [3.8, 4) is 5.75 Å². The van der Waals surface area contributed by atoms with Gasteiger partial charge in [-0.3, -0.25) is 4.79 Å². The Labute approximate surface area is 139 Å². The van der Waals surface area contributed by atoms with Crippen molar-refractivity contribution in [3.63, 3.8) is 0 Å². The van der Waals surface area contributed by atoms with E-state index < -0.39 is 0 Å². The summed E-state index contributed by atoms with van der Waals surface area (Å²) in [6, 6.07) is 8.20. The van der Waals surface area contributed by atoms with Gasteiger partial charge in [-0.05, 0) is 42.5 Å². The molecule has 0 unspecified atom stereocenters. The lowest BCUT2D eigenvalue weighted by Crippen LogP contribution is -2.46. The molecule has 0 spiro atoms. The number of hydrogen-bond acceptors (Lipinski definition) is 3. The van der Waals surface area contributed by atoms with Gasteiger partial charge >= 0.3 is 0 Å². The minimum atomic E-state index is -0.0522. The second-order valence-corrected chi connectivity index (χ2v) is 6.67. The maximum absolute atomic E-state index is 11.8. The fourth-order valence-corrected chi connectivity index (χ4v) is 2.44. The molecule has 4 nitrogen and oxygen atoms in total. The average Bonchev–Trinajstić information content (AvgIpc) is 2.46. The minimum absolute atomic E-state index is 0. The van der Waals surface area contributed by atoms with Gasteiger partial charge in [0, 0.05) is 12.6 Å². The van der Waals surface area contributed by atoms with Crippen molar-refractivity contribution in [2.45, 2.75) is 45.1 Å². The molecule has 22 heavy (non-hydrogen) atoms. The van der Waals surface area contributed by atoms with Gasteiger partial charge in [0.2, 0.25) is 0 Å². The van der Waals surface area contributed by atoms with Crippen LogP contribution in [0.25, 0.3) is 0 Å². The predicted molar refractivity (Wildman–Crippen MR) is 91.9 cm³/mol. The number of carbonyl (C=O) groups is 1. The second kappa shape index (κ2) is 8.39. The molecule has 2 N–H and O–H groups in total. The summed E-state index contributed by atoms with van der Waals surface area (Å²) in [4.78, 5) is 11.8. The number of halogens is 1. The normalized spacial score (nSPS) is 18.2. The van der Waals surface area contributed by atoms with Crippen LogP contribution in [0.15, 0.2) is 24.3 Å². The number of amides is 1. The van der Waals surface area contributed by atoms with Crippen LogP contribution in [0.3, 0.4) is 0 Å². The van der Waals surface area contributed by atoms with Crippen LogP contribution in [0.1, 0.15) is 39.2 Å². The number of piperidine rings is 1. The molecule has 1 fully saturated rings. The molecule has 1 aliphatic rings. The molecule has 0 radical (unpaired) electrons. The molecule has 5 heteroatoms. The highest BCUT2D eigenvalue weighted by Gasteiger charge is 2.16. The molecule has 0 saturated carbocycles. The van der Waals surface area contributed by atoms with E-state index in [0.717, 1.165) is 31.7 Å². The van der Waals surface area contributed by atoms with Crippen molar-refractivity contribution in [2.75, 3.05) is 19.7 Å². The highest BCUT2D eigenvalue weighted by atomic mass is 35.5. The van der Waals surface area contributed by atoms with E-state index in [-0.39, 0.29) is 36.4 Å². The number of ether oxygens (including phenoxy) is 1. The highest BCUT2D eigenvalue weighted by molar-refractivity contribution is 5.85. The summed E-state index contributed by atoms with van der Waals surface area (Å²) in [5.74, 6) is 0.684. The summed E-state index contributed by atoms with van der Waals surface area (Å²) < 4.78 is 5.54. The molecule has 0 aliphatic carbocycles. The molecule has 1 aromatic rings. The molecule has 2 rings (SSSR count). The van der Waals surface area contributed by atoms with Crippen molar-refractivity contribution in [2.24, 2.45) is 0 Å². The van der Waals surface area contributed by atoms with Crippen LogP contribution in [-0.2, 0) is 10.2 Å². The van der Waals surface area contributed by atoms with Crippen molar-refractivity contribution in [3.05, 3.63) is 29.8 Å². The Hall–Kier alpha value is -1.26. The maximum atomic E-state index is 11.8. The Morgan fingerprint density at radius 2 is 2.00 bits per heavy atom. The third-order valence-electron chi connectivity index (χ3n) is 3.75. The SMILES string of the molecule is CC(C)(C)c1ccc(OCC(=O)N[C@H]2CCCNC2)cc1.Cl. The summed E-state index contributed by atoms with van der Waals surface area (Å²) in [7, 11) is 0. The first-order chi connectivity index (χ1) is 9.95. The lowest BCUT2D eigenvalue weighted by Gasteiger charge is -2.23. The Morgan fingerprint density at radius 1 is 1.32 bits per heavy atom. The van der Waals surface area contributed by atoms with E-state index in [2.05, 4.69) is 43.5 Å². The maximum Gasteiger partial charge on any atom is 0.258 e. The second-order valence-electron chi connectivity index (χ2n) is 6.67. The van der Waals surface area contributed by atoms with Gasteiger partial charge in [-0.15, -0.1) is 12.4 Å². The van der Waals surface area contributed by atoms with E-state index in [1.807, 2.05) is 12.1 Å². The molecule has 0 bridgehead atoms. The van der Waals surface area contributed by atoms with Crippen molar-refractivity contribution < 1.29 is 9.53 Å². The average molecular weight is 327 g/mol. The van der Waals surface area contributed by atoms with E-state index in [1.54, 1.807) is 0 Å². The zero-order valence-corrected chi connectivity index (χ0v) is 14.5. The predicted octanol–water partition coefficient (Wildman–Crippen LogP) is 2.65. The zero-order valence-electron chi connectivity index (χ0n) is 13.6.